The van der Waals surface area contributed by atoms with Crippen LogP contribution in [0.15, 0.2) is 30.3 Å². The summed E-state index contributed by atoms with van der Waals surface area (Å²) in [7, 11) is 0. The molecule has 1 N–H and O–H groups in total. The number of benzene rings is 1. The first kappa shape index (κ1) is 9.21. The van der Waals surface area contributed by atoms with Crippen LogP contribution in [0.25, 0.3) is 0 Å². The van der Waals surface area contributed by atoms with E-state index < -0.39 is 0 Å². The first-order valence-corrected chi connectivity index (χ1v) is 4.89. The Morgan fingerprint density at radius 2 is 2.07 bits per heavy atom. The van der Waals surface area contributed by atoms with Crippen LogP contribution in [-0.4, -0.2) is 25.0 Å². The van der Waals surface area contributed by atoms with Crippen LogP contribution in [0.1, 0.15) is 6.92 Å². The summed E-state index contributed by atoms with van der Waals surface area (Å²) in [5.74, 6) is 0.155. The molecule has 1 aliphatic rings. The van der Waals surface area contributed by atoms with Gasteiger partial charge in [0.2, 0.25) is 5.91 Å². The number of piperazine rings is 1. The van der Waals surface area contributed by atoms with Crippen molar-refractivity contribution in [1.29, 1.82) is 0 Å². The van der Waals surface area contributed by atoms with Gasteiger partial charge in [-0.1, -0.05) is 18.2 Å². The van der Waals surface area contributed by atoms with Gasteiger partial charge >= 0.3 is 0 Å². The van der Waals surface area contributed by atoms with Crippen molar-refractivity contribution in [2.75, 3.05) is 18.0 Å². The maximum absolute atomic E-state index is 11.8. The van der Waals surface area contributed by atoms with E-state index in [9.17, 15) is 4.79 Å². The van der Waals surface area contributed by atoms with Crippen LogP contribution in [0.4, 0.5) is 5.69 Å². The minimum Gasteiger partial charge on any atom is -0.310 e. The average molecular weight is 190 g/mol. The second-order valence-corrected chi connectivity index (χ2v) is 3.50. The van der Waals surface area contributed by atoms with Crippen LogP contribution in [0.2, 0.25) is 0 Å². The van der Waals surface area contributed by atoms with E-state index in [1.54, 1.807) is 0 Å². The predicted octanol–water partition coefficient (Wildman–Crippen LogP) is 1.01. The lowest BCUT2D eigenvalue weighted by atomic mass is 10.2. The highest BCUT2D eigenvalue weighted by molar-refractivity contribution is 5.97. The first-order chi connectivity index (χ1) is 6.79. The minimum absolute atomic E-state index is 0.0658. The molecule has 3 nitrogen and oxygen atoms in total. The molecule has 1 aromatic carbocycles. The number of nitrogens with one attached hydrogen (secondary N) is 1. The molecular formula is C11H14N2O. The molecule has 1 aliphatic heterocycles. The van der Waals surface area contributed by atoms with Crippen LogP contribution in [-0.2, 0) is 4.79 Å². The van der Waals surface area contributed by atoms with Gasteiger partial charge in [0.15, 0.2) is 0 Å². The SMILES string of the molecule is C[C@H]1NCCN(c2ccccc2)C1=O. The molecule has 1 atom stereocenters. The molecule has 0 aliphatic carbocycles. The smallest absolute Gasteiger partial charge is 0.243 e. The Labute approximate surface area is 83.7 Å². The van der Waals surface area contributed by atoms with Gasteiger partial charge in [-0.25, -0.2) is 0 Å². The maximum Gasteiger partial charge on any atom is 0.243 e. The van der Waals surface area contributed by atoms with Gasteiger partial charge in [0.1, 0.15) is 0 Å². The average Bonchev–Trinajstić information content (AvgIpc) is 2.23. The summed E-state index contributed by atoms with van der Waals surface area (Å²) in [5.41, 5.74) is 0.992. The molecule has 74 valence electrons. The van der Waals surface area contributed by atoms with Crippen LogP contribution in [0, 0.1) is 0 Å². The van der Waals surface area contributed by atoms with Gasteiger partial charge in [-0.15, -0.1) is 0 Å². The molecule has 1 amide bonds. The van der Waals surface area contributed by atoms with E-state index in [1.165, 1.54) is 0 Å². The Balaban J connectivity index is 2.22. The van der Waals surface area contributed by atoms with Crippen LogP contribution in [0.3, 0.4) is 0 Å². The van der Waals surface area contributed by atoms with E-state index in [-0.39, 0.29) is 11.9 Å². The van der Waals surface area contributed by atoms with Gasteiger partial charge in [-0.05, 0) is 19.1 Å². The van der Waals surface area contributed by atoms with Gasteiger partial charge in [0.25, 0.3) is 0 Å². The number of rotatable bonds is 1. The zero-order valence-electron chi connectivity index (χ0n) is 8.23. The van der Waals surface area contributed by atoms with Crippen molar-refractivity contribution in [3.8, 4) is 0 Å². The Hall–Kier alpha value is -1.35. The summed E-state index contributed by atoms with van der Waals surface area (Å²) in [6, 6.07) is 9.74. The topological polar surface area (TPSA) is 32.3 Å². The lowest BCUT2D eigenvalue weighted by molar-refractivity contribution is -0.121. The Morgan fingerprint density at radius 1 is 1.36 bits per heavy atom. The zero-order valence-corrected chi connectivity index (χ0v) is 8.23. The fourth-order valence-corrected chi connectivity index (χ4v) is 1.69. The van der Waals surface area contributed by atoms with Crippen LogP contribution >= 0.6 is 0 Å². The third-order valence-corrected chi connectivity index (χ3v) is 2.49. The van der Waals surface area contributed by atoms with E-state index >= 15 is 0 Å². The fraction of sp³-hybridized carbons (Fsp3) is 0.364. The zero-order chi connectivity index (χ0) is 9.97. The standard InChI is InChI=1S/C11H14N2O/c1-9-11(14)13(8-7-12-9)10-5-3-2-4-6-10/h2-6,9,12H,7-8H2,1H3/t9-/m1/s1. The summed E-state index contributed by atoms with van der Waals surface area (Å²) in [6.07, 6.45) is 0. The highest BCUT2D eigenvalue weighted by Crippen LogP contribution is 2.15. The van der Waals surface area contributed by atoms with Crippen LogP contribution in [0.5, 0.6) is 0 Å². The summed E-state index contributed by atoms with van der Waals surface area (Å²) < 4.78 is 0. The van der Waals surface area contributed by atoms with E-state index in [2.05, 4.69) is 5.32 Å². The van der Waals surface area contributed by atoms with Gasteiger partial charge in [0, 0.05) is 18.8 Å². The predicted molar refractivity (Wildman–Crippen MR) is 56.3 cm³/mol. The number of amides is 1. The Bertz CT molecular complexity index is 323. The maximum atomic E-state index is 11.8. The Kier molecular flexibility index (Phi) is 2.50. The molecule has 0 saturated carbocycles. The molecule has 14 heavy (non-hydrogen) atoms. The van der Waals surface area contributed by atoms with Crippen molar-refractivity contribution >= 4 is 11.6 Å². The fourth-order valence-electron chi connectivity index (χ4n) is 1.69. The number of hydrogen-bond acceptors (Lipinski definition) is 2. The number of carbonyl (C=O) groups excluding carboxylic acids is 1. The molecule has 0 unspecified atom stereocenters. The van der Waals surface area contributed by atoms with Crippen molar-refractivity contribution < 1.29 is 4.79 Å². The lowest BCUT2D eigenvalue weighted by Gasteiger charge is -2.31. The van der Waals surface area contributed by atoms with Crippen LogP contribution < -0.4 is 10.2 Å². The Morgan fingerprint density at radius 3 is 2.79 bits per heavy atom. The largest absolute Gasteiger partial charge is 0.310 e. The highest BCUT2D eigenvalue weighted by atomic mass is 16.2. The molecule has 0 radical (unpaired) electrons. The van der Waals surface area contributed by atoms with E-state index in [4.69, 9.17) is 0 Å². The van der Waals surface area contributed by atoms with Crippen molar-refractivity contribution in [3.05, 3.63) is 30.3 Å². The quantitative estimate of drug-likeness (QED) is 0.717. The number of para-hydroxylation sites is 1. The van der Waals surface area contributed by atoms with Gasteiger partial charge in [0.05, 0.1) is 6.04 Å². The van der Waals surface area contributed by atoms with Crippen molar-refractivity contribution in [3.63, 3.8) is 0 Å². The molecule has 0 bridgehead atoms. The third-order valence-electron chi connectivity index (χ3n) is 2.49. The molecule has 1 heterocycles. The van der Waals surface area contributed by atoms with Crippen molar-refractivity contribution in [2.45, 2.75) is 13.0 Å². The number of nitrogens with zero attached hydrogens (tertiary/aromatic N) is 1. The van der Waals surface area contributed by atoms with E-state index in [0.29, 0.717) is 0 Å². The summed E-state index contributed by atoms with van der Waals surface area (Å²) in [6.45, 7) is 3.52. The highest BCUT2D eigenvalue weighted by Gasteiger charge is 2.25. The molecule has 1 fully saturated rings. The number of hydrogen-bond donors (Lipinski definition) is 1. The summed E-state index contributed by atoms with van der Waals surface area (Å²) >= 11 is 0. The first-order valence-electron chi connectivity index (χ1n) is 4.89. The van der Waals surface area contributed by atoms with Gasteiger partial charge in [-0.3, -0.25) is 4.79 Å². The monoisotopic (exact) mass is 190 g/mol. The molecule has 1 saturated heterocycles. The van der Waals surface area contributed by atoms with Gasteiger partial charge in [-0.2, -0.15) is 0 Å². The summed E-state index contributed by atoms with van der Waals surface area (Å²) in [5, 5.41) is 3.14. The molecule has 0 spiro atoms. The third kappa shape index (κ3) is 1.63. The lowest BCUT2D eigenvalue weighted by Crippen LogP contribution is -2.53. The normalized spacial score (nSPS) is 22.5. The van der Waals surface area contributed by atoms with E-state index in [1.807, 2.05) is 42.2 Å². The second kappa shape index (κ2) is 3.80. The molecule has 0 aromatic heterocycles. The minimum atomic E-state index is -0.0658. The number of carbonyl (C=O) groups is 1. The molecule has 2 rings (SSSR count). The van der Waals surface area contributed by atoms with Gasteiger partial charge < -0.3 is 10.2 Å². The van der Waals surface area contributed by atoms with Crippen molar-refractivity contribution in [1.82, 2.24) is 5.32 Å². The second-order valence-electron chi connectivity index (χ2n) is 3.50. The molecule has 3 heteroatoms. The molecular weight excluding hydrogens is 176 g/mol. The molecule has 1 aromatic rings. The van der Waals surface area contributed by atoms with Crippen molar-refractivity contribution in [2.24, 2.45) is 0 Å². The number of anilines is 1. The summed E-state index contributed by atoms with van der Waals surface area (Å²) in [4.78, 5) is 13.6. The van der Waals surface area contributed by atoms with E-state index in [0.717, 1.165) is 18.8 Å².